The van der Waals surface area contributed by atoms with Gasteiger partial charge in [-0.05, 0) is 58.4 Å². The molecule has 130 valence electrons. The molecule has 2 aromatic rings. The van der Waals surface area contributed by atoms with Crippen molar-refractivity contribution in [3.63, 3.8) is 0 Å². The Morgan fingerprint density at radius 1 is 1.08 bits per heavy atom. The van der Waals surface area contributed by atoms with Crippen molar-refractivity contribution in [2.45, 2.75) is 59.3 Å². The molecule has 0 spiro atoms. The van der Waals surface area contributed by atoms with Gasteiger partial charge in [-0.1, -0.05) is 19.9 Å². The molecule has 1 aromatic carbocycles. The lowest BCUT2D eigenvalue weighted by Crippen LogP contribution is -2.41. The second-order valence-corrected chi connectivity index (χ2v) is 8.50. The quantitative estimate of drug-likeness (QED) is 0.777. The average Bonchev–Trinajstić information content (AvgIpc) is 3.01. The Kier molecular flexibility index (Phi) is 4.77. The van der Waals surface area contributed by atoms with Gasteiger partial charge in [-0.2, -0.15) is 0 Å². The van der Waals surface area contributed by atoms with E-state index in [1.807, 2.05) is 0 Å². The van der Waals surface area contributed by atoms with E-state index in [9.17, 15) is 0 Å². The van der Waals surface area contributed by atoms with E-state index in [0.717, 1.165) is 30.6 Å². The summed E-state index contributed by atoms with van der Waals surface area (Å²) in [7, 11) is -0.327. The van der Waals surface area contributed by atoms with Gasteiger partial charge in [0.1, 0.15) is 5.01 Å². The van der Waals surface area contributed by atoms with Gasteiger partial charge in [0.05, 0.1) is 28.0 Å². The molecule has 4 nitrogen and oxygen atoms in total. The fraction of sp³-hybridized carbons (Fsp3) is 0.611. The first-order valence-corrected chi connectivity index (χ1v) is 9.54. The third-order valence-corrected chi connectivity index (χ3v) is 6.26. The van der Waals surface area contributed by atoms with Crippen LogP contribution in [0.5, 0.6) is 0 Å². The fourth-order valence-electron chi connectivity index (χ4n) is 2.82. The number of hydrogen-bond donors (Lipinski definition) is 0. The molecule has 0 aliphatic carbocycles. The molecule has 3 rings (SSSR count). The first-order valence-electron chi connectivity index (χ1n) is 8.73. The van der Waals surface area contributed by atoms with Crippen molar-refractivity contribution in [2.24, 2.45) is 0 Å². The Morgan fingerprint density at radius 2 is 1.71 bits per heavy atom. The third kappa shape index (κ3) is 3.25. The van der Waals surface area contributed by atoms with Crippen LogP contribution in [0.3, 0.4) is 0 Å². The minimum absolute atomic E-state index is 0.317. The van der Waals surface area contributed by atoms with Gasteiger partial charge in [0.25, 0.3) is 0 Å². The zero-order valence-electron chi connectivity index (χ0n) is 15.5. The second kappa shape index (κ2) is 6.41. The summed E-state index contributed by atoms with van der Waals surface area (Å²) in [6.07, 6.45) is 0. The summed E-state index contributed by atoms with van der Waals surface area (Å²) in [5, 5.41) is 1.17. The van der Waals surface area contributed by atoms with Gasteiger partial charge in [-0.3, -0.25) is 4.90 Å². The highest BCUT2D eigenvalue weighted by Gasteiger charge is 2.51. The van der Waals surface area contributed by atoms with E-state index in [2.05, 4.69) is 64.6 Å². The molecule has 1 aliphatic heterocycles. The molecule has 0 amide bonds. The summed E-state index contributed by atoms with van der Waals surface area (Å²) in [5.74, 6) is 0. The van der Waals surface area contributed by atoms with Crippen LogP contribution >= 0.6 is 11.3 Å². The van der Waals surface area contributed by atoms with Crippen molar-refractivity contribution >= 4 is 34.1 Å². The van der Waals surface area contributed by atoms with Crippen LogP contribution < -0.4 is 5.46 Å². The lowest BCUT2D eigenvalue weighted by atomic mass is 9.79. The topological polar surface area (TPSA) is 34.6 Å². The molecular formula is C18H27BN2O2S. The van der Waals surface area contributed by atoms with E-state index >= 15 is 0 Å². The molecule has 1 aromatic heterocycles. The van der Waals surface area contributed by atoms with Crippen LogP contribution in [0.15, 0.2) is 18.2 Å². The lowest BCUT2D eigenvalue weighted by Gasteiger charge is -2.32. The highest BCUT2D eigenvalue weighted by molar-refractivity contribution is 7.18. The number of rotatable bonds is 5. The number of nitrogens with zero attached hydrogens (tertiary/aromatic N) is 2. The maximum Gasteiger partial charge on any atom is 0.494 e. The standard InChI is InChI=1S/C18H27BN2O2S/c1-7-21(8-2)12-16-20-14-11-13(9-10-15(14)24-16)19-22-17(3,4)18(5,6)23-19/h9-11H,7-8,12H2,1-6H3. The number of fused-ring (bicyclic) bond motifs is 1. The van der Waals surface area contributed by atoms with E-state index < -0.39 is 0 Å². The van der Waals surface area contributed by atoms with Crippen LogP contribution in [0.2, 0.25) is 0 Å². The number of hydrogen-bond acceptors (Lipinski definition) is 5. The molecule has 0 N–H and O–H groups in total. The molecule has 0 unspecified atom stereocenters. The van der Waals surface area contributed by atoms with Crippen LogP contribution in [0.25, 0.3) is 10.2 Å². The monoisotopic (exact) mass is 346 g/mol. The minimum Gasteiger partial charge on any atom is -0.399 e. The van der Waals surface area contributed by atoms with Crippen LogP contribution in [0.1, 0.15) is 46.6 Å². The normalized spacial score (nSPS) is 19.5. The van der Waals surface area contributed by atoms with Crippen molar-refractivity contribution in [1.29, 1.82) is 0 Å². The number of benzene rings is 1. The van der Waals surface area contributed by atoms with E-state index in [1.54, 1.807) is 11.3 Å². The minimum atomic E-state index is -0.327. The van der Waals surface area contributed by atoms with Gasteiger partial charge in [-0.25, -0.2) is 4.98 Å². The molecule has 6 heteroatoms. The lowest BCUT2D eigenvalue weighted by molar-refractivity contribution is 0.00578. The molecule has 0 bridgehead atoms. The molecule has 1 fully saturated rings. The largest absolute Gasteiger partial charge is 0.494 e. The van der Waals surface area contributed by atoms with Gasteiger partial charge in [0.2, 0.25) is 0 Å². The highest BCUT2D eigenvalue weighted by Crippen LogP contribution is 2.36. The Morgan fingerprint density at radius 3 is 2.29 bits per heavy atom. The summed E-state index contributed by atoms with van der Waals surface area (Å²) < 4.78 is 13.5. The Balaban J connectivity index is 1.84. The van der Waals surface area contributed by atoms with Crippen LogP contribution in [-0.2, 0) is 15.9 Å². The number of aromatic nitrogens is 1. The van der Waals surface area contributed by atoms with E-state index in [4.69, 9.17) is 14.3 Å². The zero-order chi connectivity index (χ0) is 17.5. The highest BCUT2D eigenvalue weighted by atomic mass is 32.1. The van der Waals surface area contributed by atoms with E-state index in [-0.39, 0.29) is 18.3 Å². The summed E-state index contributed by atoms with van der Waals surface area (Å²) >= 11 is 1.77. The van der Waals surface area contributed by atoms with Crippen molar-refractivity contribution in [3.05, 3.63) is 23.2 Å². The summed E-state index contributed by atoms with van der Waals surface area (Å²) in [5.41, 5.74) is 1.45. The molecule has 0 atom stereocenters. The smallest absolute Gasteiger partial charge is 0.399 e. The van der Waals surface area contributed by atoms with Crippen molar-refractivity contribution in [3.8, 4) is 0 Å². The predicted octanol–water partition coefficient (Wildman–Crippen LogP) is 3.44. The Bertz CT molecular complexity index is 709. The average molecular weight is 346 g/mol. The summed E-state index contributed by atoms with van der Waals surface area (Å²) in [6.45, 7) is 15.7. The molecule has 0 saturated carbocycles. The Hall–Kier alpha value is -0.945. The Labute approximate surface area is 149 Å². The van der Waals surface area contributed by atoms with Crippen LogP contribution in [-0.4, -0.2) is 41.3 Å². The van der Waals surface area contributed by atoms with E-state index in [1.165, 1.54) is 9.71 Å². The van der Waals surface area contributed by atoms with Crippen molar-refractivity contribution in [2.75, 3.05) is 13.1 Å². The molecular weight excluding hydrogens is 319 g/mol. The molecule has 0 radical (unpaired) electrons. The van der Waals surface area contributed by atoms with Gasteiger partial charge in [-0.15, -0.1) is 11.3 Å². The zero-order valence-corrected chi connectivity index (χ0v) is 16.4. The molecule has 24 heavy (non-hydrogen) atoms. The molecule has 2 heterocycles. The second-order valence-electron chi connectivity index (χ2n) is 7.38. The van der Waals surface area contributed by atoms with Gasteiger partial charge in [0.15, 0.2) is 0 Å². The molecule has 1 aliphatic rings. The van der Waals surface area contributed by atoms with Crippen molar-refractivity contribution in [1.82, 2.24) is 9.88 Å². The fourth-order valence-corrected chi connectivity index (χ4v) is 3.81. The third-order valence-electron chi connectivity index (χ3n) is 5.23. The van der Waals surface area contributed by atoms with Gasteiger partial charge >= 0.3 is 7.12 Å². The summed E-state index contributed by atoms with van der Waals surface area (Å²) in [4.78, 5) is 7.20. The summed E-state index contributed by atoms with van der Waals surface area (Å²) in [6, 6.07) is 6.35. The first-order chi connectivity index (χ1) is 11.3. The van der Waals surface area contributed by atoms with Gasteiger partial charge < -0.3 is 9.31 Å². The van der Waals surface area contributed by atoms with Gasteiger partial charge in [0, 0.05) is 0 Å². The maximum atomic E-state index is 6.15. The maximum absolute atomic E-state index is 6.15. The number of thiazole rings is 1. The van der Waals surface area contributed by atoms with Crippen LogP contribution in [0.4, 0.5) is 0 Å². The SMILES string of the molecule is CCN(CC)Cc1nc2cc(B3OC(C)(C)C(C)(C)O3)ccc2s1. The predicted molar refractivity (Wildman–Crippen MR) is 102 cm³/mol. The molecule has 1 saturated heterocycles. The van der Waals surface area contributed by atoms with Crippen LogP contribution in [0, 0.1) is 0 Å². The first kappa shape index (κ1) is 17.9. The van der Waals surface area contributed by atoms with E-state index in [0.29, 0.717) is 0 Å². The van der Waals surface area contributed by atoms with Crippen molar-refractivity contribution < 1.29 is 9.31 Å².